The number of carbonyl (C=O) groups is 1. The number of carbonyl (C=O) groups excluding carboxylic acids is 1. The van der Waals surface area contributed by atoms with Crippen molar-refractivity contribution in [2.45, 2.75) is 0 Å². The third-order valence-electron chi connectivity index (χ3n) is 0.368. The van der Waals surface area contributed by atoms with E-state index in [1.807, 2.05) is 0 Å². The van der Waals surface area contributed by atoms with Crippen molar-refractivity contribution in [3.63, 3.8) is 0 Å². The van der Waals surface area contributed by atoms with Gasteiger partial charge in [-0.1, -0.05) is 0 Å². The quantitative estimate of drug-likeness (QED) is 0.381. The molecule has 0 heterocycles. The maximum absolute atomic E-state index is 9.81. The van der Waals surface area contributed by atoms with Crippen LogP contribution in [0.1, 0.15) is 0 Å². The van der Waals surface area contributed by atoms with Gasteiger partial charge in [-0.2, -0.15) is 0 Å². The van der Waals surface area contributed by atoms with Gasteiger partial charge in [-0.15, -0.1) is 0 Å². The molecular weight excluding hydrogens is 94.0 g/mol. The standard InChI is InChI=1S/C4H7NO2/c1-7-3-2-4(5)6/h2-3H,1H3,(H2,5,6). The molecule has 0 unspecified atom stereocenters. The number of hydrogen-bond acceptors (Lipinski definition) is 2. The fraction of sp³-hybridized carbons (Fsp3) is 0.250. The molecule has 0 saturated carbocycles. The SMILES string of the molecule is COC=CC(N)=O. The molecule has 3 nitrogen and oxygen atoms in total. The second-order valence-corrected chi connectivity index (χ2v) is 0.941. The third-order valence-corrected chi connectivity index (χ3v) is 0.368. The summed E-state index contributed by atoms with van der Waals surface area (Å²) in [5.74, 6) is -0.498. The van der Waals surface area contributed by atoms with Crippen molar-refractivity contribution >= 4 is 5.91 Å². The molecule has 0 bridgehead atoms. The lowest BCUT2D eigenvalue weighted by Gasteiger charge is -1.80. The Morgan fingerprint density at radius 1 is 1.86 bits per heavy atom. The molecule has 0 aliphatic rings. The molecule has 0 aromatic rings. The van der Waals surface area contributed by atoms with E-state index in [1.54, 1.807) is 0 Å². The van der Waals surface area contributed by atoms with E-state index in [-0.39, 0.29) is 0 Å². The fourth-order valence-corrected chi connectivity index (χ4v) is 0.135. The van der Waals surface area contributed by atoms with Gasteiger partial charge in [0.05, 0.1) is 13.4 Å². The number of rotatable bonds is 2. The number of amides is 1. The largest absolute Gasteiger partial charge is 0.504 e. The second kappa shape index (κ2) is 3.21. The molecule has 0 aromatic heterocycles. The van der Waals surface area contributed by atoms with Gasteiger partial charge in [0.1, 0.15) is 0 Å². The van der Waals surface area contributed by atoms with E-state index in [4.69, 9.17) is 0 Å². The normalized spacial score (nSPS) is 9.29. The van der Waals surface area contributed by atoms with Crippen LogP contribution in [0, 0.1) is 0 Å². The van der Waals surface area contributed by atoms with Crippen molar-refractivity contribution in [3.8, 4) is 0 Å². The van der Waals surface area contributed by atoms with Crippen LogP contribution < -0.4 is 5.73 Å². The Bertz CT molecular complexity index is 87.7. The average Bonchev–Trinajstić information content (AvgIpc) is 1.61. The summed E-state index contributed by atoms with van der Waals surface area (Å²) in [5, 5.41) is 0. The minimum atomic E-state index is -0.498. The first-order valence-electron chi connectivity index (χ1n) is 1.76. The van der Waals surface area contributed by atoms with Crippen molar-refractivity contribution in [1.29, 1.82) is 0 Å². The molecule has 0 aliphatic heterocycles. The van der Waals surface area contributed by atoms with Gasteiger partial charge >= 0.3 is 0 Å². The molecule has 0 aliphatic carbocycles. The molecule has 0 saturated heterocycles. The Morgan fingerprint density at radius 3 is 2.57 bits per heavy atom. The van der Waals surface area contributed by atoms with Gasteiger partial charge in [-0.3, -0.25) is 4.79 Å². The molecule has 7 heavy (non-hydrogen) atoms. The summed E-state index contributed by atoms with van der Waals surface area (Å²) in [4.78, 5) is 9.81. The van der Waals surface area contributed by atoms with E-state index in [0.717, 1.165) is 6.08 Å². The van der Waals surface area contributed by atoms with Gasteiger partial charge in [0.25, 0.3) is 0 Å². The monoisotopic (exact) mass is 101 g/mol. The molecule has 40 valence electrons. The highest BCUT2D eigenvalue weighted by molar-refractivity contribution is 5.85. The van der Waals surface area contributed by atoms with E-state index in [9.17, 15) is 4.79 Å². The Balaban J connectivity index is 3.26. The summed E-state index contributed by atoms with van der Waals surface area (Å²) in [6.07, 6.45) is 2.36. The van der Waals surface area contributed by atoms with Crippen LogP contribution in [-0.4, -0.2) is 13.0 Å². The Hall–Kier alpha value is -0.990. The van der Waals surface area contributed by atoms with E-state index in [0.29, 0.717) is 0 Å². The minimum Gasteiger partial charge on any atom is -0.504 e. The van der Waals surface area contributed by atoms with Gasteiger partial charge in [0, 0.05) is 6.08 Å². The summed E-state index contributed by atoms with van der Waals surface area (Å²) in [5.41, 5.74) is 4.67. The second-order valence-electron chi connectivity index (χ2n) is 0.941. The van der Waals surface area contributed by atoms with Crippen LogP contribution in [0.15, 0.2) is 12.3 Å². The highest BCUT2D eigenvalue weighted by atomic mass is 16.5. The lowest BCUT2D eigenvalue weighted by atomic mass is 10.6. The molecule has 0 atom stereocenters. The van der Waals surface area contributed by atoms with Crippen LogP contribution in [0.4, 0.5) is 0 Å². The highest BCUT2D eigenvalue weighted by Crippen LogP contribution is 1.67. The maximum Gasteiger partial charge on any atom is 0.244 e. The Morgan fingerprint density at radius 2 is 2.43 bits per heavy atom. The summed E-state index contributed by atoms with van der Waals surface area (Å²) >= 11 is 0. The van der Waals surface area contributed by atoms with Gasteiger partial charge in [-0.25, -0.2) is 0 Å². The molecule has 0 fully saturated rings. The predicted molar refractivity (Wildman–Crippen MR) is 25.3 cm³/mol. The summed E-state index contributed by atoms with van der Waals surface area (Å²) in [7, 11) is 1.44. The smallest absolute Gasteiger partial charge is 0.244 e. The number of primary amides is 1. The molecule has 0 radical (unpaired) electrons. The number of methoxy groups -OCH3 is 1. The zero-order chi connectivity index (χ0) is 5.70. The zero-order valence-electron chi connectivity index (χ0n) is 4.05. The molecule has 2 N–H and O–H groups in total. The van der Waals surface area contributed by atoms with Crippen molar-refractivity contribution in [1.82, 2.24) is 0 Å². The minimum absolute atomic E-state index is 0.498. The molecule has 0 rings (SSSR count). The average molecular weight is 101 g/mol. The lowest BCUT2D eigenvalue weighted by molar-refractivity contribution is -0.113. The first-order valence-corrected chi connectivity index (χ1v) is 1.76. The van der Waals surface area contributed by atoms with Crippen LogP contribution in [0.3, 0.4) is 0 Å². The molecule has 1 amide bonds. The van der Waals surface area contributed by atoms with Gasteiger partial charge in [0.15, 0.2) is 0 Å². The lowest BCUT2D eigenvalue weighted by Crippen LogP contribution is -2.05. The van der Waals surface area contributed by atoms with Crippen LogP contribution in [0.5, 0.6) is 0 Å². The molecule has 3 heteroatoms. The van der Waals surface area contributed by atoms with E-state index in [2.05, 4.69) is 10.5 Å². The predicted octanol–water partition coefficient (Wildman–Crippen LogP) is -0.368. The van der Waals surface area contributed by atoms with Crippen LogP contribution in [-0.2, 0) is 9.53 Å². The summed E-state index contributed by atoms with van der Waals surface area (Å²) in [6.45, 7) is 0. The summed E-state index contributed by atoms with van der Waals surface area (Å²) in [6, 6.07) is 0. The van der Waals surface area contributed by atoms with Gasteiger partial charge in [0.2, 0.25) is 5.91 Å². The third kappa shape index (κ3) is 5.01. The van der Waals surface area contributed by atoms with Crippen LogP contribution >= 0.6 is 0 Å². The van der Waals surface area contributed by atoms with Crippen molar-refractivity contribution in [2.75, 3.05) is 7.11 Å². The van der Waals surface area contributed by atoms with Crippen LogP contribution in [0.25, 0.3) is 0 Å². The first-order chi connectivity index (χ1) is 3.27. The van der Waals surface area contributed by atoms with E-state index in [1.165, 1.54) is 13.4 Å². The van der Waals surface area contributed by atoms with Crippen molar-refractivity contribution in [2.24, 2.45) is 5.73 Å². The number of hydrogen-bond donors (Lipinski definition) is 1. The zero-order valence-corrected chi connectivity index (χ0v) is 4.05. The molecule has 0 spiro atoms. The Kier molecular flexibility index (Phi) is 2.76. The number of ether oxygens (including phenoxy) is 1. The van der Waals surface area contributed by atoms with Gasteiger partial charge in [-0.05, 0) is 0 Å². The topological polar surface area (TPSA) is 52.3 Å². The molecule has 0 aromatic carbocycles. The highest BCUT2D eigenvalue weighted by Gasteiger charge is 1.76. The van der Waals surface area contributed by atoms with Crippen molar-refractivity contribution in [3.05, 3.63) is 12.3 Å². The fourth-order valence-electron chi connectivity index (χ4n) is 0.135. The number of nitrogens with two attached hydrogens (primary N) is 1. The van der Waals surface area contributed by atoms with Crippen molar-refractivity contribution < 1.29 is 9.53 Å². The van der Waals surface area contributed by atoms with E-state index >= 15 is 0 Å². The first kappa shape index (κ1) is 6.01. The van der Waals surface area contributed by atoms with E-state index < -0.39 is 5.91 Å². The van der Waals surface area contributed by atoms with Crippen LogP contribution in [0.2, 0.25) is 0 Å². The molecular formula is C4H7NO2. The van der Waals surface area contributed by atoms with Gasteiger partial charge < -0.3 is 10.5 Å². The Labute approximate surface area is 41.8 Å². The maximum atomic E-state index is 9.81. The summed E-state index contributed by atoms with van der Waals surface area (Å²) < 4.78 is 4.37.